The Balaban J connectivity index is 0.000000703. The molecule has 0 saturated carbocycles. The molecule has 2 aromatic rings. The van der Waals surface area contributed by atoms with Crippen LogP contribution in [0.1, 0.15) is 24.0 Å². The average molecular weight is 445 g/mol. The summed E-state index contributed by atoms with van der Waals surface area (Å²) in [5.74, 6) is -2.72. The van der Waals surface area contributed by atoms with Crippen LogP contribution in [0.4, 0.5) is 0 Å². The number of rotatable bonds is 11. The third-order valence-electron chi connectivity index (χ3n) is 4.34. The highest BCUT2D eigenvalue weighted by Crippen LogP contribution is 2.11. The Kier molecular flexibility index (Phi) is 12.4. The van der Waals surface area contributed by atoms with E-state index in [1.807, 2.05) is 60.7 Å². The molecule has 0 aliphatic carbocycles. The summed E-state index contributed by atoms with van der Waals surface area (Å²) in [6.07, 6.45) is 1.57. The van der Waals surface area contributed by atoms with Crippen molar-refractivity contribution in [2.24, 2.45) is 11.7 Å². The number of nitrogens with one attached hydrogen (secondary N) is 1. The zero-order valence-corrected chi connectivity index (χ0v) is 18.0. The van der Waals surface area contributed by atoms with E-state index in [0.29, 0.717) is 12.8 Å². The van der Waals surface area contributed by atoms with Crippen molar-refractivity contribution in [3.8, 4) is 0 Å². The SMILES string of the molecule is NCCC(=O)O.O=C(N[C@@H](Cc1ccccc1)C(=O)O)C(C=S)CCc1ccccc1. The lowest BCUT2D eigenvalue weighted by Gasteiger charge is -2.18. The van der Waals surface area contributed by atoms with E-state index in [4.69, 9.17) is 23.1 Å². The van der Waals surface area contributed by atoms with Crippen LogP contribution < -0.4 is 11.1 Å². The molecule has 5 N–H and O–H groups in total. The van der Waals surface area contributed by atoms with Crippen molar-refractivity contribution >= 4 is 35.4 Å². The molecule has 0 bridgehead atoms. The molecule has 0 heterocycles. The molecule has 0 aromatic heterocycles. The fraction of sp³-hybridized carbons (Fsp3) is 0.304. The normalized spacial score (nSPS) is 11.9. The second-order valence-electron chi connectivity index (χ2n) is 6.79. The van der Waals surface area contributed by atoms with Gasteiger partial charge in [-0.05, 0) is 29.3 Å². The van der Waals surface area contributed by atoms with Crippen LogP contribution in [0.25, 0.3) is 0 Å². The highest BCUT2D eigenvalue weighted by molar-refractivity contribution is 7.79. The van der Waals surface area contributed by atoms with Crippen molar-refractivity contribution in [2.45, 2.75) is 31.7 Å². The molecule has 31 heavy (non-hydrogen) atoms. The number of aryl methyl sites for hydroxylation is 1. The van der Waals surface area contributed by atoms with Gasteiger partial charge in [-0.15, -0.1) is 0 Å². The number of carboxylic acids is 2. The van der Waals surface area contributed by atoms with Gasteiger partial charge in [0.2, 0.25) is 5.91 Å². The molecule has 0 spiro atoms. The molecule has 2 rings (SSSR count). The summed E-state index contributed by atoms with van der Waals surface area (Å²) >= 11 is 4.98. The Morgan fingerprint density at radius 2 is 1.52 bits per heavy atom. The third kappa shape index (κ3) is 11.0. The number of hydrogen-bond donors (Lipinski definition) is 4. The maximum atomic E-state index is 12.4. The summed E-state index contributed by atoms with van der Waals surface area (Å²) in [5.41, 5.74) is 6.83. The number of nitrogens with two attached hydrogens (primary N) is 1. The first-order valence-electron chi connectivity index (χ1n) is 9.85. The largest absolute Gasteiger partial charge is 0.481 e. The highest BCUT2D eigenvalue weighted by Gasteiger charge is 2.24. The zero-order chi connectivity index (χ0) is 23.1. The molecule has 0 radical (unpaired) electrons. The van der Waals surface area contributed by atoms with E-state index in [1.165, 1.54) is 5.37 Å². The molecular formula is C23H28N2O5S. The highest BCUT2D eigenvalue weighted by atomic mass is 32.1. The first kappa shape index (κ1) is 25.9. The molecule has 1 amide bonds. The summed E-state index contributed by atoms with van der Waals surface area (Å²) in [6.45, 7) is 0.231. The van der Waals surface area contributed by atoms with E-state index in [2.05, 4.69) is 5.32 Å². The summed E-state index contributed by atoms with van der Waals surface area (Å²) in [5, 5.41) is 21.3. The molecular weight excluding hydrogens is 416 g/mol. The molecule has 0 saturated heterocycles. The van der Waals surface area contributed by atoms with Gasteiger partial charge in [-0.3, -0.25) is 9.59 Å². The summed E-state index contributed by atoms with van der Waals surface area (Å²) in [4.78, 5) is 33.4. The maximum absolute atomic E-state index is 12.4. The Hall–Kier alpha value is -3.10. The lowest BCUT2D eigenvalue weighted by atomic mass is 9.99. The van der Waals surface area contributed by atoms with Crippen LogP contribution in [0, 0.1) is 5.92 Å². The van der Waals surface area contributed by atoms with Crippen molar-refractivity contribution in [3.05, 3.63) is 71.8 Å². The topological polar surface area (TPSA) is 130 Å². The molecule has 2 atom stereocenters. The minimum absolute atomic E-state index is 0.0694. The fourth-order valence-electron chi connectivity index (χ4n) is 2.68. The molecule has 8 heteroatoms. The van der Waals surface area contributed by atoms with Crippen molar-refractivity contribution in [1.82, 2.24) is 5.32 Å². The van der Waals surface area contributed by atoms with Crippen molar-refractivity contribution in [1.29, 1.82) is 0 Å². The smallest absolute Gasteiger partial charge is 0.326 e. The number of carbonyl (C=O) groups excluding carboxylic acids is 1. The summed E-state index contributed by atoms with van der Waals surface area (Å²) < 4.78 is 0. The predicted molar refractivity (Wildman–Crippen MR) is 123 cm³/mol. The Bertz CT molecular complexity index is 830. The molecule has 1 unspecified atom stereocenters. The predicted octanol–water partition coefficient (Wildman–Crippen LogP) is 2.47. The van der Waals surface area contributed by atoms with Crippen molar-refractivity contribution < 1.29 is 24.6 Å². The maximum Gasteiger partial charge on any atom is 0.326 e. The molecule has 2 aromatic carbocycles. The number of aliphatic carboxylic acids is 2. The number of thiocarbonyl (C=S) groups is 1. The lowest BCUT2D eigenvalue weighted by Crippen LogP contribution is -2.45. The van der Waals surface area contributed by atoms with Gasteiger partial charge in [0.1, 0.15) is 6.04 Å². The van der Waals surface area contributed by atoms with Crippen LogP contribution in [0.2, 0.25) is 0 Å². The fourth-order valence-corrected chi connectivity index (χ4v) is 2.94. The van der Waals surface area contributed by atoms with Crippen molar-refractivity contribution in [2.75, 3.05) is 6.54 Å². The summed E-state index contributed by atoms with van der Waals surface area (Å²) in [6, 6.07) is 18.1. The van der Waals surface area contributed by atoms with Gasteiger partial charge < -0.3 is 21.3 Å². The monoisotopic (exact) mass is 444 g/mol. The van der Waals surface area contributed by atoms with E-state index >= 15 is 0 Å². The number of carboxylic acid groups (broad SMARTS) is 2. The van der Waals surface area contributed by atoms with Gasteiger partial charge in [0.05, 0.1) is 12.3 Å². The second-order valence-corrected chi connectivity index (χ2v) is 7.06. The number of hydrogen-bond acceptors (Lipinski definition) is 5. The minimum atomic E-state index is -1.05. The van der Waals surface area contributed by atoms with Gasteiger partial charge in [0.25, 0.3) is 0 Å². The van der Waals surface area contributed by atoms with E-state index < -0.39 is 23.9 Å². The van der Waals surface area contributed by atoms with E-state index in [-0.39, 0.29) is 25.3 Å². The molecule has 0 aliphatic heterocycles. The third-order valence-corrected chi connectivity index (χ3v) is 4.67. The standard InChI is InChI=1S/C20H21NO3S.C3H7NO2/c22-19(17(14-25)12-11-15-7-3-1-4-8-15)21-18(20(23)24)13-16-9-5-2-6-10-16;4-2-1-3(5)6/h1-10,14,17-18H,11-13H2,(H,21,22)(H,23,24);1-2,4H2,(H,5,6)/t17?,18-;/m0./s1. The quantitative estimate of drug-likeness (QED) is 0.392. The van der Waals surface area contributed by atoms with Gasteiger partial charge in [-0.25, -0.2) is 4.79 Å². The Morgan fingerprint density at radius 1 is 0.968 bits per heavy atom. The number of benzene rings is 2. The van der Waals surface area contributed by atoms with E-state index in [0.717, 1.165) is 11.1 Å². The lowest BCUT2D eigenvalue weighted by molar-refractivity contribution is -0.142. The first-order chi connectivity index (χ1) is 14.9. The van der Waals surface area contributed by atoms with Crippen LogP contribution in [0.3, 0.4) is 0 Å². The van der Waals surface area contributed by atoms with E-state index in [1.54, 1.807) is 0 Å². The Labute approximate surface area is 187 Å². The average Bonchev–Trinajstić information content (AvgIpc) is 2.75. The van der Waals surface area contributed by atoms with E-state index in [9.17, 15) is 19.5 Å². The second kappa shape index (κ2) is 14.8. The minimum Gasteiger partial charge on any atom is -0.481 e. The van der Waals surface area contributed by atoms with Crippen LogP contribution >= 0.6 is 12.2 Å². The zero-order valence-electron chi connectivity index (χ0n) is 17.1. The first-order valence-corrected chi connectivity index (χ1v) is 10.3. The Morgan fingerprint density at radius 3 is 1.94 bits per heavy atom. The molecule has 0 aliphatic rings. The molecule has 0 fully saturated rings. The van der Waals surface area contributed by atoms with Gasteiger partial charge in [-0.2, -0.15) is 0 Å². The van der Waals surface area contributed by atoms with Gasteiger partial charge in [0.15, 0.2) is 0 Å². The van der Waals surface area contributed by atoms with Crippen LogP contribution in [-0.2, 0) is 27.2 Å². The molecule has 7 nitrogen and oxygen atoms in total. The number of amides is 1. The molecule has 166 valence electrons. The van der Waals surface area contributed by atoms with Crippen LogP contribution in [-0.4, -0.2) is 46.0 Å². The van der Waals surface area contributed by atoms with Gasteiger partial charge >= 0.3 is 11.9 Å². The summed E-state index contributed by atoms with van der Waals surface area (Å²) in [7, 11) is 0. The van der Waals surface area contributed by atoms with Crippen molar-refractivity contribution in [3.63, 3.8) is 0 Å². The van der Waals surface area contributed by atoms with Gasteiger partial charge in [-0.1, -0.05) is 72.9 Å². The van der Waals surface area contributed by atoms with Gasteiger partial charge in [0, 0.05) is 13.0 Å². The van der Waals surface area contributed by atoms with Crippen LogP contribution in [0.15, 0.2) is 60.7 Å². The van der Waals surface area contributed by atoms with Crippen LogP contribution in [0.5, 0.6) is 0 Å². The number of carbonyl (C=O) groups is 3.